The van der Waals surface area contributed by atoms with Gasteiger partial charge in [0.1, 0.15) is 6.04 Å². The molecule has 1 aliphatic heterocycles. The quantitative estimate of drug-likeness (QED) is 0.745. The number of rotatable bonds is 7. The van der Waals surface area contributed by atoms with E-state index in [1.165, 1.54) is 0 Å². The number of carboxylic acid groups (broad SMARTS) is 1. The Kier molecular flexibility index (Phi) is 6.02. The zero-order valence-corrected chi connectivity index (χ0v) is 14.1. The summed E-state index contributed by atoms with van der Waals surface area (Å²) in [6.07, 6.45) is 4.92. The van der Waals surface area contributed by atoms with E-state index in [1.807, 2.05) is 13.8 Å². The number of amides is 2. The molecule has 2 rings (SSSR count). The van der Waals surface area contributed by atoms with Crippen molar-refractivity contribution < 1.29 is 19.5 Å². The molecule has 0 aromatic carbocycles. The third-order valence-electron chi connectivity index (χ3n) is 5.02. The molecule has 1 aliphatic carbocycles. The van der Waals surface area contributed by atoms with Gasteiger partial charge in [-0.25, -0.2) is 4.79 Å². The standard InChI is InChI=1S/C17H28N2O4/c1-3-11(2)16(21)19-8-4-5-13(10-19)15(20)18-14(17(22)23)9-12-6-7-12/h11-14H,3-10H2,1-2H3,(H,18,20)(H,22,23). The van der Waals surface area contributed by atoms with E-state index >= 15 is 0 Å². The fraction of sp³-hybridized carbons (Fsp3) is 0.824. The van der Waals surface area contributed by atoms with Crippen LogP contribution in [0.1, 0.15) is 52.4 Å². The number of hydrogen-bond donors (Lipinski definition) is 2. The predicted molar refractivity (Wildman–Crippen MR) is 85.7 cm³/mol. The summed E-state index contributed by atoms with van der Waals surface area (Å²) in [5, 5.41) is 11.9. The summed E-state index contributed by atoms with van der Waals surface area (Å²) < 4.78 is 0. The first kappa shape index (κ1) is 17.8. The van der Waals surface area contributed by atoms with Crippen LogP contribution in [0.4, 0.5) is 0 Å². The zero-order chi connectivity index (χ0) is 17.0. The smallest absolute Gasteiger partial charge is 0.326 e. The van der Waals surface area contributed by atoms with E-state index in [1.54, 1.807) is 4.90 Å². The van der Waals surface area contributed by atoms with Crippen molar-refractivity contribution in [3.8, 4) is 0 Å². The summed E-state index contributed by atoms with van der Waals surface area (Å²) in [5.41, 5.74) is 0. The van der Waals surface area contributed by atoms with Crippen LogP contribution in [0.5, 0.6) is 0 Å². The molecule has 0 radical (unpaired) electrons. The first-order valence-corrected chi connectivity index (χ1v) is 8.74. The van der Waals surface area contributed by atoms with Gasteiger partial charge in [-0.1, -0.05) is 26.7 Å². The number of likely N-dealkylation sites (tertiary alicyclic amines) is 1. The molecule has 23 heavy (non-hydrogen) atoms. The van der Waals surface area contributed by atoms with Gasteiger partial charge >= 0.3 is 5.97 Å². The van der Waals surface area contributed by atoms with Crippen LogP contribution < -0.4 is 5.32 Å². The number of piperidine rings is 1. The second-order valence-electron chi connectivity index (χ2n) is 7.01. The van der Waals surface area contributed by atoms with Crippen molar-refractivity contribution in [1.82, 2.24) is 10.2 Å². The molecule has 1 saturated heterocycles. The zero-order valence-electron chi connectivity index (χ0n) is 14.1. The highest BCUT2D eigenvalue weighted by molar-refractivity contribution is 5.86. The van der Waals surface area contributed by atoms with Crippen LogP contribution in [0.2, 0.25) is 0 Å². The molecule has 2 aliphatic rings. The Balaban J connectivity index is 1.90. The molecule has 3 unspecified atom stereocenters. The van der Waals surface area contributed by atoms with Crippen LogP contribution in [-0.4, -0.2) is 46.9 Å². The van der Waals surface area contributed by atoms with Gasteiger partial charge in [-0.2, -0.15) is 0 Å². The maximum Gasteiger partial charge on any atom is 0.326 e. The lowest BCUT2D eigenvalue weighted by molar-refractivity contribution is -0.144. The highest BCUT2D eigenvalue weighted by Crippen LogP contribution is 2.33. The van der Waals surface area contributed by atoms with Crippen LogP contribution in [0, 0.1) is 17.8 Å². The lowest BCUT2D eigenvalue weighted by Crippen LogP contribution is -2.50. The molecule has 130 valence electrons. The lowest BCUT2D eigenvalue weighted by Gasteiger charge is -2.34. The molecular formula is C17H28N2O4. The summed E-state index contributed by atoms with van der Waals surface area (Å²) in [6.45, 7) is 4.98. The molecular weight excluding hydrogens is 296 g/mol. The van der Waals surface area contributed by atoms with Crippen molar-refractivity contribution in [2.24, 2.45) is 17.8 Å². The fourth-order valence-corrected chi connectivity index (χ4v) is 3.08. The number of hydrogen-bond acceptors (Lipinski definition) is 3. The number of carboxylic acids is 1. The third kappa shape index (κ3) is 4.94. The first-order chi connectivity index (χ1) is 10.9. The van der Waals surface area contributed by atoms with Gasteiger partial charge in [0, 0.05) is 19.0 Å². The summed E-state index contributed by atoms with van der Waals surface area (Å²) in [7, 11) is 0. The highest BCUT2D eigenvalue weighted by Gasteiger charge is 2.34. The molecule has 6 nitrogen and oxygen atoms in total. The number of carbonyl (C=O) groups excluding carboxylic acids is 2. The van der Waals surface area contributed by atoms with Crippen molar-refractivity contribution in [3.63, 3.8) is 0 Å². The molecule has 2 N–H and O–H groups in total. The Morgan fingerprint density at radius 3 is 2.52 bits per heavy atom. The Labute approximate surface area is 137 Å². The lowest BCUT2D eigenvalue weighted by atomic mass is 9.95. The van der Waals surface area contributed by atoms with Gasteiger partial charge in [-0.3, -0.25) is 9.59 Å². The second-order valence-corrected chi connectivity index (χ2v) is 7.01. The Bertz CT molecular complexity index is 462. The summed E-state index contributed by atoms with van der Waals surface area (Å²) in [6, 6.07) is -0.796. The molecule has 0 bridgehead atoms. The van der Waals surface area contributed by atoms with Crippen LogP contribution in [0.15, 0.2) is 0 Å². The van der Waals surface area contributed by atoms with E-state index in [4.69, 9.17) is 0 Å². The minimum atomic E-state index is -0.964. The molecule has 0 aromatic rings. The Morgan fingerprint density at radius 1 is 1.26 bits per heavy atom. The van der Waals surface area contributed by atoms with Crippen LogP contribution >= 0.6 is 0 Å². The molecule has 2 fully saturated rings. The van der Waals surface area contributed by atoms with Gasteiger partial charge in [0.05, 0.1) is 5.92 Å². The molecule has 1 saturated carbocycles. The first-order valence-electron chi connectivity index (χ1n) is 8.74. The number of aliphatic carboxylic acids is 1. The largest absolute Gasteiger partial charge is 0.480 e. The van der Waals surface area contributed by atoms with E-state index < -0.39 is 12.0 Å². The number of nitrogens with zero attached hydrogens (tertiary/aromatic N) is 1. The Hall–Kier alpha value is -1.59. The third-order valence-corrected chi connectivity index (χ3v) is 5.02. The highest BCUT2D eigenvalue weighted by atomic mass is 16.4. The predicted octanol–water partition coefficient (Wildman–Crippen LogP) is 1.64. The van der Waals surface area contributed by atoms with Gasteiger partial charge in [0.25, 0.3) is 0 Å². The minimum absolute atomic E-state index is 0.0292. The van der Waals surface area contributed by atoms with E-state index in [-0.39, 0.29) is 23.7 Å². The van der Waals surface area contributed by atoms with Crippen molar-refractivity contribution in [2.45, 2.75) is 58.4 Å². The molecule has 0 aromatic heterocycles. The topological polar surface area (TPSA) is 86.7 Å². The molecule has 3 atom stereocenters. The average Bonchev–Trinajstić information content (AvgIpc) is 3.36. The fourth-order valence-electron chi connectivity index (χ4n) is 3.08. The second kappa shape index (κ2) is 7.79. The van der Waals surface area contributed by atoms with E-state index in [0.717, 1.165) is 25.7 Å². The summed E-state index contributed by atoms with van der Waals surface area (Å²) in [5.74, 6) is -0.978. The van der Waals surface area contributed by atoms with Gasteiger partial charge in [0.2, 0.25) is 11.8 Å². The summed E-state index contributed by atoms with van der Waals surface area (Å²) in [4.78, 5) is 37.8. The summed E-state index contributed by atoms with van der Waals surface area (Å²) >= 11 is 0. The van der Waals surface area contributed by atoms with Gasteiger partial charge in [-0.15, -0.1) is 0 Å². The molecule has 6 heteroatoms. The van der Waals surface area contributed by atoms with Crippen LogP contribution in [0.25, 0.3) is 0 Å². The van der Waals surface area contributed by atoms with Crippen molar-refractivity contribution >= 4 is 17.8 Å². The SMILES string of the molecule is CCC(C)C(=O)N1CCCC(C(=O)NC(CC2CC2)C(=O)O)C1. The van der Waals surface area contributed by atoms with Crippen LogP contribution in [-0.2, 0) is 14.4 Å². The van der Waals surface area contributed by atoms with E-state index in [0.29, 0.717) is 31.8 Å². The van der Waals surface area contributed by atoms with Crippen molar-refractivity contribution in [2.75, 3.05) is 13.1 Å². The van der Waals surface area contributed by atoms with Crippen molar-refractivity contribution in [3.05, 3.63) is 0 Å². The van der Waals surface area contributed by atoms with Gasteiger partial charge < -0.3 is 15.3 Å². The number of nitrogens with one attached hydrogen (secondary N) is 1. The normalized spacial score (nSPS) is 23.9. The van der Waals surface area contributed by atoms with Gasteiger partial charge in [-0.05, 0) is 31.6 Å². The number of carbonyl (C=O) groups is 3. The van der Waals surface area contributed by atoms with Gasteiger partial charge in [0.15, 0.2) is 0 Å². The Morgan fingerprint density at radius 2 is 1.96 bits per heavy atom. The van der Waals surface area contributed by atoms with Crippen molar-refractivity contribution in [1.29, 1.82) is 0 Å². The molecule has 2 amide bonds. The maximum absolute atomic E-state index is 12.4. The van der Waals surface area contributed by atoms with E-state index in [9.17, 15) is 19.5 Å². The average molecular weight is 324 g/mol. The molecule has 1 heterocycles. The monoisotopic (exact) mass is 324 g/mol. The minimum Gasteiger partial charge on any atom is -0.480 e. The van der Waals surface area contributed by atoms with E-state index in [2.05, 4.69) is 5.32 Å². The molecule has 0 spiro atoms. The van der Waals surface area contributed by atoms with Crippen LogP contribution in [0.3, 0.4) is 0 Å². The maximum atomic E-state index is 12.4.